The molecule has 0 saturated heterocycles. The topological polar surface area (TPSA) is 37.4 Å². The molecule has 1 heterocycles. The van der Waals surface area contributed by atoms with Crippen molar-refractivity contribution >= 4 is 23.0 Å². The standard InChI is InChI=1S/C12H17NO2S/c1-9-6-7-16-11(9)8-13(3)12(15)5-4-10(2)14/h6-7H,4-5,8H2,1-3H3. The molecule has 0 fully saturated rings. The molecule has 4 heteroatoms. The number of Topliss-reactive ketones (excluding diaryl/α,β-unsaturated/α-hetero) is 1. The molecule has 0 spiro atoms. The van der Waals surface area contributed by atoms with Crippen LogP contribution in [0.2, 0.25) is 0 Å². The van der Waals surface area contributed by atoms with Gasteiger partial charge in [0.05, 0.1) is 6.54 Å². The van der Waals surface area contributed by atoms with E-state index in [1.807, 2.05) is 18.4 Å². The third-order valence-corrected chi connectivity index (χ3v) is 3.47. The summed E-state index contributed by atoms with van der Waals surface area (Å²) in [6.07, 6.45) is 0.656. The maximum atomic E-state index is 11.7. The second-order valence-corrected chi connectivity index (χ2v) is 4.98. The first-order valence-corrected chi connectivity index (χ1v) is 6.15. The van der Waals surface area contributed by atoms with Crippen molar-refractivity contribution in [3.63, 3.8) is 0 Å². The normalized spacial score (nSPS) is 10.2. The lowest BCUT2D eigenvalue weighted by Crippen LogP contribution is -2.26. The highest BCUT2D eigenvalue weighted by Crippen LogP contribution is 2.17. The largest absolute Gasteiger partial charge is 0.341 e. The van der Waals surface area contributed by atoms with Crippen LogP contribution < -0.4 is 0 Å². The van der Waals surface area contributed by atoms with E-state index < -0.39 is 0 Å². The van der Waals surface area contributed by atoms with E-state index in [-0.39, 0.29) is 11.7 Å². The summed E-state index contributed by atoms with van der Waals surface area (Å²) in [6, 6.07) is 2.05. The summed E-state index contributed by atoms with van der Waals surface area (Å²) in [7, 11) is 1.78. The fourth-order valence-corrected chi connectivity index (χ4v) is 2.30. The first kappa shape index (κ1) is 12.9. The Morgan fingerprint density at radius 3 is 2.56 bits per heavy atom. The predicted molar refractivity (Wildman–Crippen MR) is 65.4 cm³/mol. The molecule has 1 aromatic rings. The Kier molecular flexibility index (Phi) is 4.68. The van der Waals surface area contributed by atoms with Gasteiger partial charge in [0, 0.05) is 24.8 Å². The van der Waals surface area contributed by atoms with Crippen LogP contribution in [0.4, 0.5) is 0 Å². The van der Waals surface area contributed by atoms with Crippen molar-refractivity contribution in [3.8, 4) is 0 Å². The quantitative estimate of drug-likeness (QED) is 0.791. The Hall–Kier alpha value is -1.16. The lowest BCUT2D eigenvalue weighted by atomic mass is 10.2. The SMILES string of the molecule is CC(=O)CCC(=O)N(C)Cc1sccc1C. The summed E-state index contributed by atoms with van der Waals surface area (Å²) in [6.45, 7) is 4.19. The molecule has 0 radical (unpaired) electrons. The Bertz CT molecular complexity index is 384. The van der Waals surface area contributed by atoms with E-state index in [0.29, 0.717) is 19.4 Å². The van der Waals surface area contributed by atoms with Gasteiger partial charge in [0.2, 0.25) is 5.91 Å². The minimum Gasteiger partial charge on any atom is -0.341 e. The van der Waals surface area contributed by atoms with Crippen molar-refractivity contribution in [2.75, 3.05) is 7.05 Å². The second kappa shape index (κ2) is 5.80. The summed E-state index contributed by atoms with van der Waals surface area (Å²) in [5.41, 5.74) is 1.22. The second-order valence-electron chi connectivity index (χ2n) is 3.98. The monoisotopic (exact) mass is 239 g/mol. The van der Waals surface area contributed by atoms with E-state index >= 15 is 0 Å². The van der Waals surface area contributed by atoms with E-state index in [1.165, 1.54) is 17.4 Å². The zero-order valence-corrected chi connectivity index (χ0v) is 10.8. The molecule has 0 aliphatic heterocycles. The highest BCUT2D eigenvalue weighted by Gasteiger charge is 2.11. The number of carbonyl (C=O) groups excluding carboxylic acids is 2. The Balaban J connectivity index is 2.46. The first-order valence-electron chi connectivity index (χ1n) is 5.27. The maximum Gasteiger partial charge on any atom is 0.223 e. The number of hydrogen-bond acceptors (Lipinski definition) is 3. The average Bonchev–Trinajstić information content (AvgIpc) is 2.60. The molecule has 1 amide bonds. The van der Waals surface area contributed by atoms with Gasteiger partial charge in [-0.15, -0.1) is 11.3 Å². The number of thiophene rings is 1. The summed E-state index contributed by atoms with van der Waals surface area (Å²) >= 11 is 1.66. The summed E-state index contributed by atoms with van der Waals surface area (Å²) in [5.74, 6) is 0.0945. The van der Waals surface area contributed by atoms with Crippen LogP contribution in [0.1, 0.15) is 30.2 Å². The molecule has 88 valence electrons. The first-order chi connectivity index (χ1) is 7.50. The number of nitrogens with zero attached hydrogens (tertiary/aromatic N) is 1. The molecule has 0 aromatic carbocycles. The number of ketones is 1. The van der Waals surface area contributed by atoms with Crippen molar-refractivity contribution in [2.45, 2.75) is 33.2 Å². The van der Waals surface area contributed by atoms with Crippen LogP contribution in [0.5, 0.6) is 0 Å². The number of hydrogen-bond donors (Lipinski definition) is 0. The predicted octanol–water partition coefficient (Wildman–Crippen LogP) is 2.38. The molecule has 1 aromatic heterocycles. The van der Waals surface area contributed by atoms with Gasteiger partial charge in [-0.1, -0.05) is 0 Å². The molecule has 0 atom stereocenters. The average molecular weight is 239 g/mol. The smallest absolute Gasteiger partial charge is 0.223 e. The molecule has 0 unspecified atom stereocenters. The minimum atomic E-state index is 0.0306. The highest BCUT2D eigenvalue weighted by molar-refractivity contribution is 7.10. The zero-order valence-electron chi connectivity index (χ0n) is 9.95. The molecule has 3 nitrogen and oxygen atoms in total. The van der Waals surface area contributed by atoms with Gasteiger partial charge < -0.3 is 9.69 Å². The van der Waals surface area contributed by atoms with Crippen molar-refractivity contribution < 1.29 is 9.59 Å². The van der Waals surface area contributed by atoms with Crippen LogP contribution in [0.15, 0.2) is 11.4 Å². The van der Waals surface area contributed by atoms with Gasteiger partial charge in [0.25, 0.3) is 0 Å². The van der Waals surface area contributed by atoms with Crippen LogP contribution in [-0.2, 0) is 16.1 Å². The van der Waals surface area contributed by atoms with Crippen molar-refractivity contribution in [2.24, 2.45) is 0 Å². The van der Waals surface area contributed by atoms with Gasteiger partial charge in [0.1, 0.15) is 5.78 Å². The Labute approximate surface area is 100 Å². The molecule has 1 rings (SSSR count). The summed E-state index contributed by atoms with van der Waals surface area (Å²) in [5, 5.41) is 2.03. The van der Waals surface area contributed by atoms with Gasteiger partial charge in [-0.3, -0.25) is 4.79 Å². The molecule has 0 aliphatic rings. The Morgan fingerprint density at radius 2 is 2.06 bits per heavy atom. The van der Waals surface area contributed by atoms with E-state index in [4.69, 9.17) is 0 Å². The highest BCUT2D eigenvalue weighted by atomic mass is 32.1. The van der Waals surface area contributed by atoms with Gasteiger partial charge >= 0.3 is 0 Å². The number of aryl methyl sites for hydroxylation is 1. The summed E-state index contributed by atoms with van der Waals surface area (Å²) in [4.78, 5) is 25.3. The van der Waals surface area contributed by atoms with Gasteiger partial charge in [-0.25, -0.2) is 0 Å². The lowest BCUT2D eigenvalue weighted by molar-refractivity contribution is -0.132. The molecular formula is C12H17NO2S. The molecule has 0 saturated carbocycles. The van der Waals surface area contributed by atoms with E-state index in [1.54, 1.807) is 23.3 Å². The maximum absolute atomic E-state index is 11.7. The van der Waals surface area contributed by atoms with Gasteiger partial charge in [-0.2, -0.15) is 0 Å². The van der Waals surface area contributed by atoms with Gasteiger partial charge in [-0.05, 0) is 30.9 Å². The fourth-order valence-electron chi connectivity index (χ4n) is 1.34. The lowest BCUT2D eigenvalue weighted by Gasteiger charge is -2.16. The van der Waals surface area contributed by atoms with Crippen LogP contribution in [0.3, 0.4) is 0 Å². The fraction of sp³-hybridized carbons (Fsp3) is 0.500. The van der Waals surface area contributed by atoms with E-state index in [0.717, 1.165) is 0 Å². The van der Waals surface area contributed by atoms with Crippen LogP contribution >= 0.6 is 11.3 Å². The molecule has 0 N–H and O–H groups in total. The minimum absolute atomic E-state index is 0.0306. The van der Waals surface area contributed by atoms with Crippen molar-refractivity contribution in [1.29, 1.82) is 0 Å². The Morgan fingerprint density at radius 1 is 1.38 bits per heavy atom. The van der Waals surface area contributed by atoms with Gasteiger partial charge in [0.15, 0.2) is 0 Å². The number of carbonyl (C=O) groups is 2. The van der Waals surface area contributed by atoms with Crippen molar-refractivity contribution in [3.05, 3.63) is 21.9 Å². The van der Waals surface area contributed by atoms with Crippen LogP contribution in [-0.4, -0.2) is 23.6 Å². The summed E-state index contributed by atoms with van der Waals surface area (Å²) < 4.78 is 0. The van der Waals surface area contributed by atoms with Crippen LogP contribution in [0.25, 0.3) is 0 Å². The molecule has 16 heavy (non-hydrogen) atoms. The third-order valence-electron chi connectivity index (χ3n) is 2.47. The molecular weight excluding hydrogens is 222 g/mol. The number of amides is 1. The zero-order chi connectivity index (χ0) is 12.1. The van der Waals surface area contributed by atoms with Crippen LogP contribution in [0, 0.1) is 6.92 Å². The molecule has 0 aliphatic carbocycles. The molecule has 0 bridgehead atoms. The van der Waals surface area contributed by atoms with E-state index in [9.17, 15) is 9.59 Å². The van der Waals surface area contributed by atoms with E-state index in [2.05, 4.69) is 0 Å². The van der Waals surface area contributed by atoms with Crippen molar-refractivity contribution in [1.82, 2.24) is 4.90 Å². The number of rotatable bonds is 5. The third kappa shape index (κ3) is 3.77.